The number of rotatable bonds is 8. The van der Waals surface area contributed by atoms with Gasteiger partial charge in [-0.05, 0) is 24.6 Å². The Labute approximate surface area is 124 Å². The van der Waals surface area contributed by atoms with E-state index in [2.05, 4.69) is 4.74 Å². The molecule has 0 saturated carbocycles. The number of hydrogen-bond acceptors (Lipinski definition) is 5. The van der Waals surface area contributed by atoms with Gasteiger partial charge in [0.1, 0.15) is 0 Å². The first-order valence-corrected chi connectivity index (χ1v) is 6.69. The van der Waals surface area contributed by atoms with Crippen molar-refractivity contribution < 1.29 is 19.1 Å². The number of nitrogens with zero attached hydrogens (tertiary/aromatic N) is 1. The van der Waals surface area contributed by atoms with E-state index in [0.717, 1.165) is 5.56 Å². The Hall–Kier alpha value is -1.92. The molecule has 1 aromatic carbocycles. The molecule has 1 amide bonds. The van der Waals surface area contributed by atoms with E-state index in [1.54, 1.807) is 26.2 Å². The largest absolute Gasteiger partial charge is 0.465 e. The number of hydrogen-bond donors (Lipinski definition) is 1. The molecule has 6 heteroatoms. The van der Waals surface area contributed by atoms with E-state index in [1.165, 1.54) is 7.11 Å². The van der Waals surface area contributed by atoms with Crippen LogP contribution in [0, 0.1) is 0 Å². The standard InChI is InChI=1S/C15H22N2O4/c1-11(14(16)18)17(8-9-20-2)10-12-4-6-13(7-5-12)15(19)21-3/h4-7,11H,8-10H2,1-3H3,(H2,16,18). The Balaban J connectivity index is 2.78. The van der Waals surface area contributed by atoms with Crippen LogP contribution < -0.4 is 5.73 Å². The predicted molar refractivity (Wildman–Crippen MR) is 78.7 cm³/mol. The summed E-state index contributed by atoms with van der Waals surface area (Å²) in [5, 5.41) is 0. The summed E-state index contributed by atoms with van der Waals surface area (Å²) in [5.74, 6) is -0.749. The zero-order valence-corrected chi connectivity index (χ0v) is 12.7. The van der Waals surface area contributed by atoms with Gasteiger partial charge in [0.05, 0.1) is 25.3 Å². The minimum absolute atomic E-state index is 0.372. The van der Waals surface area contributed by atoms with Crippen molar-refractivity contribution in [1.29, 1.82) is 0 Å². The van der Waals surface area contributed by atoms with Gasteiger partial charge in [0.25, 0.3) is 0 Å². The van der Waals surface area contributed by atoms with Gasteiger partial charge in [0.2, 0.25) is 5.91 Å². The van der Waals surface area contributed by atoms with Crippen molar-refractivity contribution in [2.24, 2.45) is 5.73 Å². The third kappa shape index (κ3) is 5.17. The van der Waals surface area contributed by atoms with Crippen LogP contribution in [0.4, 0.5) is 0 Å². The number of nitrogens with two attached hydrogens (primary N) is 1. The zero-order chi connectivity index (χ0) is 15.8. The summed E-state index contributed by atoms with van der Waals surface area (Å²) in [5.41, 5.74) is 6.83. The second-order valence-electron chi connectivity index (χ2n) is 4.73. The van der Waals surface area contributed by atoms with Crippen molar-refractivity contribution in [2.45, 2.75) is 19.5 Å². The minimum atomic E-state index is -0.388. The summed E-state index contributed by atoms with van der Waals surface area (Å²) in [6, 6.07) is 6.68. The van der Waals surface area contributed by atoms with Crippen molar-refractivity contribution in [3.8, 4) is 0 Å². The van der Waals surface area contributed by atoms with Gasteiger partial charge < -0.3 is 15.2 Å². The van der Waals surface area contributed by atoms with Gasteiger partial charge in [0, 0.05) is 20.2 Å². The van der Waals surface area contributed by atoms with Crippen LogP contribution in [0.25, 0.3) is 0 Å². The second-order valence-corrected chi connectivity index (χ2v) is 4.73. The molecule has 6 nitrogen and oxygen atoms in total. The van der Waals surface area contributed by atoms with Crippen LogP contribution in [0.1, 0.15) is 22.8 Å². The van der Waals surface area contributed by atoms with E-state index in [0.29, 0.717) is 25.3 Å². The topological polar surface area (TPSA) is 81.9 Å². The number of ether oxygens (including phenoxy) is 2. The molecule has 1 atom stereocenters. The molecule has 0 aliphatic carbocycles. The van der Waals surface area contributed by atoms with Crippen molar-refractivity contribution >= 4 is 11.9 Å². The fraction of sp³-hybridized carbons (Fsp3) is 0.467. The molecular weight excluding hydrogens is 272 g/mol. The van der Waals surface area contributed by atoms with E-state index >= 15 is 0 Å². The number of esters is 1. The van der Waals surface area contributed by atoms with Crippen LogP contribution in [0.2, 0.25) is 0 Å². The van der Waals surface area contributed by atoms with Crippen molar-refractivity contribution in [3.05, 3.63) is 35.4 Å². The summed E-state index contributed by atoms with van der Waals surface area (Å²) in [6.07, 6.45) is 0. The van der Waals surface area contributed by atoms with Crippen molar-refractivity contribution in [2.75, 3.05) is 27.4 Å². The minimum Gasteiger partial charge on any atom is -0.465 e. The van der Waals surface area contributed by atoms with E-state index in [-0.39, 0.29) is 17.9 Å². The number of methoxy groups -OCH3 is 2. The molecule has 1 aromatic rings. The van der Waals surface area contributed by atoms with Crippen LogP contribution in [0.3, 0.4) is 0 Å². The molecule has 0 radical (unpaired) electrons. The molecule has 0 aliphatic rings. The SMILES string of the molecule is COCCN(Cc1ccc(C(=O)OC)cc1)C(C)C(N)=O. The molecule has 21 heavy (non-hydrogen) atoms. The highest BCUT2D eigenvalue weighted by Crippen LogP contribution is 2.11. The van der Waals surface area contributed by atoms with Crippen LogP contribution in [0.15, 0.2) is 24.3 Å². The Morgan fingerprint density at radius 2 is 1.86 bits per heavy atom. The normalized spacial score (nSPS) is 12.2. The monoisotopic (exact) mass is 294 g/mol. The molecule has 0 heterocycles. The third-order valence-electron chi connectivity index (χ3n) is 3.30. The summed E-state index contributed by atoms with van der Waals surface area (Å²) in [6.45, 7) is 3.42. The average molecular weight is 294 g/mol. The van der Waals surface area contributed by atoms with Gasteiger partial charge in [-0.3, -0.25) is 9.69 Å². The van der Waals surface area contributed by atoms with E-state index in [1.807, 2.05) is 17.0 Å². The first-order valence-electron chi connectivity index (χ1n) is 6.69. The summed E-state index contributed by atoms with van der Waals surface area (Å²) < 4.78 is 9.70. The fourth-order valence-electron chi connectivity index (χ4n) is 1.90. The molecule has 0 fully saturated rings. The third-order valence-corrected chi connectivity index (χ3v) is 3.30. The predicted octanol–water partition coefficient (Wildman–Crippen LogP) is 0.795. The summed E-state index contributed by atoms with van der Waals surface area (Å²) in [4.78, 5) is 24.7. The highest BCUT2D eigenvalue weighted by atomic mass is 16.5. The van der Waals surface area contributed by atoms with Crippen LogP contribution in [0.5, 0.6) is 0 Å². The van der Waals surface area contributed by atoms with Gasteiger partial charge in [-0.2, -0.15) is 0 Å². The number of primary amides is 1. The lowest BCUT2D eigenvalue weighted by Crippen LogP contribution is -2.43. The second kappa shape index (κ2) is 8.39. The Bertz CT molecular complexity index is 473. The highest BCUT2D eigenvalue weighted by molar-refractivity contribution is 5.89. The van der Waals surface area contributed by atoms with E-state index in [9.17, 15) is 9.59 Å². The van der Waals surface area contributed by atoms with Crippen molar-refractivity contribution in [3.63, 3.8) is 0 Å². The number of benzene rings is 1. The average Bonchev–Trinajstić information content (AvgIpc) is 2.50. The molecule has 0 aromatic heterocycles. The Morgan fingerprint density at radius 1 is 1.24 bits per heavy atom. The molecule has 0 bridgehead atoms. The smallest absolute Gasteiger partial charge is 0.337 e. The number of carbonyl (C=O) groups excluding carboxylic acids is 2. The first kappa shape index (κ1) is 17.1. The van der Waals surface area contributed by atoms with Crippen molar-refractivity contribution in [1.82, 2.24) is 4.90 Å². The molecule has 1 rings (SSSR count). The van der Waals surface area contributed by atoms with Gasteiger partial charge in [-0.1, -0.05) is 12.1 Å². The van der Waals surface area contributed by atoms with Gasteiger partial charge in [-0.15, -0.1) is 0 Å². The lowest BCUT2D eigenvalue weighted by atomic mass is 10.1. The van der Waals surface area contributed by atoms with Gasteiger partial charge in [-0.25, -0.2) is 4.79 Å². The van der Waals surface area contributed by atoms with Crippen LogP contribution in [-0.4, -0.2) is 50.2 Å². The van der Waals surface area contributed by atoms with Gasteiger partial charge in [0.15, 0.2) is 0 Å². The summed E-state index contributed by atoms with van der Waals surface area (Å²) >= 11 is 0. The molecule has 0 aliphatic heterocycles. The van der Waals surface area contributed by atoms with Gasteiger partial charge >= 0.3 is 5.97 Å². The summed E-state index contributed by atoms with van der Waals surface area (Å²) in [7, 11) is 2.95. The number of amides is 1. The van der Waals surface area contributed by atoms with E-state index < -0.39 is 0 Å². The van der Waals surface area contributed by atoms with Crippen LogP contribution in [-0.2, 0) is 20.8 Å². The quantitative estimate of drug-likeness (QED) is 0.717. The van der Waals surface area contributed by atoms with E-state index in [4.69, 9.17) is 10.5 Å². The fourth-order valence-corrected chi connectivity index (χ4v) is 1.90. The Kier molecular flexibility index (Phi) is 6.84. The molecule has 1 unspecified atom stereocenters. The molecule has 2 N–H and O–H groups in total. The maximum atomic E-state index is 11.4. The zero-order valence-electron chi connectivity index (χ0n) is 12.7. The lowest BCUT2D eigenvalue weighted by Gasteiger charge is -2.26. The Morgan fingerprint density at radius 3 is 2.33 bits per heavy atom. The van der Waals surface area contributed by atoms with Crippen LogP contribution >= 0.6 is 0 Å². The molecule has 0 saturated heterocycles. The first-order chi connectivity index (χ1) is 9.99. The maximum absolute atomic E-state index is 11.4. The maximum Gasteiger partial charge on any atom is 0.337 e. The highest BCUT2D eigenvalue weighted by Gasteiger charge is 2.19. The molecular formula is C15H22N2O4. The number of carbonyl (C=O) groups is 2. The molecule has 0 spiro atoms. The molecule has 116 valence electrons. The lowest BCUT2D eigenvalue weighted by molar-refractivity contribution is -0.123.